The number of amides is 1. The fourth-order valence-corrected chi connectivity index (χ4v) is 3.64. The number of nitrogens with one attached hydrogen (secondary N) is 1. The first-order chi connectivity index (χ1) is 13.2. The molecule has 4 rings (SSSR count). The molecule has 2 aliphatic heterocycles. The van der Waals surface area contributed by atoms with Crippen LogP contribution in [0.5, 0.6) is 11.5 Å². The van der Waals surface area contributed by atoms with Crippen molar-refractivity contribution in [2.24, 2.45) is 0 Å². The van der Waals surface area contributed by atoms with Crippen molar-refractivity contribution in [3.8, 4) is 11.5 Å². The first kappa shape index (κ1) is 17.6. The Hall–Kier alpha value is -2.79. The van der Waals surface area contributed by atoms with Crippen molar-refractivity contribution in [1.82, 2.24) is 4.90 Å². The van der Waals surface area contributed by atoms with Crippen LogP contribution in [0.15, 0.2) is 54.6 Å². The molecule has 2 aromatic rings. The van der Waals surface area contributed by atoms with Crippen molar-refractivity contribution >= 4 is 11.5 Å². The van der Waals surface area contributed by atoms with Crippen LogP contribution in [-0.2, 0) is 11.3 Å². The Balaban J connectivity index is 1.31. The Morgan fingerprint density at radius 1 is 1.11 bits per heavy atom. The van der Waals surface area contributed by atoms with Gasteiger partial charge in [-0.25, -0.2) is 0 Å². The molecule has 0 saturated heterocycles. The van der Waals surface area contributed by atoms with Gasteiger partial charge in [0.2, 0.25) is 6.79 Å². The van der Waals surface area contributed by atoms with Crippen molar-refractivity contribution in [2.45, 2.75) is 13.0 Å². The lowest BCUT2D eigenvalue weighted by molar-refractivity contribution is -0.885. The molecule has 0 fully saturated rings. The van der Waals surface area contributed by atoms with Crippen molar-refractivity contribution < 1.29 is 19.2 Å². The average Bonchev–Trinajstić information content (AvgIpc) is 3.16. The third-order valence-electron chi connectivity index (χ3n) is 5.10. The topological polar surface area (TPSA) is 43.2 Å². The molecule has 0 aromatic heterocycles. The Morgan fingerprint density at radius 2 is 1.93 bits per heavy atom. The number of nitrogens with zero attached hydrogens (tertiary/aromatic N) is 1. The van der Waals surface area contributed by atoms with E-state index in [-0.39, 0.29) is 12.7 Å². The Morgan fingerprint density at radius 3 is 2.70 bits per heavy atom. The molecule has 1 amide bonds. The van der Waals surface area contributed by atoms with Gasteiger partial charge in [0.1, 0.15) is 6.54 Å². The van der Waals surface area contributed by atoms with E-state index in [2.05, 4.69) is 37.4 Å². The fraction of sp³-hybridized carbons (Fsp3) is 0.318. The molecule has 2 aromatic carbocycles. The maximum atomic E-state index is 12.7. The summed E-state index contributed by atoms with van der Waals surface area (Å²) < 4.78 is 10.8. The summed E-state index contributed by atoms with van der Waals surface area (Å²) in [5, 5.41) is 0. The highest BCUT2D eigenvalue weighted by molar-refractivity contribution is 5.79. The van der Waals surface area contributed by atoms with Crippen LogP contribution < -0.4 is 14.4 Å². The van der Waals surface area contributed by atoms with Gasteiger partial charge in [-0.3, -0.25) is 4.79 Å². The van der Waals surface area contributed by atoms with Gasteiger partial charge < -0.3 is 19.3 Å². The van der Waals surface area contributed by atoms with E-state index in [1.165, 1.54) is 11.1 Å². The van der Waals surface area contributed by atoms with Gasteiger partial charge >= 0.3 is 0 Å². The van der Waals surface area contributed by atoms with Crippen LogP contribution in [0, 0.1) is 0 Å². The lowest BCUT2D eigenvalue weighted by Crippen LogP contribution is -3.08. The summed E-state index contributed by atoms with van der Waals surface area (Å²) in [7, 11) is 2.05. The van der Waals surface area contributed by atoms with Crippen LogP contribution >= 0.6 is 0 Å². The number of carbonyl (C=O) groups excluding carboxylic acids is 1. The normalized spacial score (nSPS) is 16.8. The molecular weight excluding hydrogens is 340 g/mol. The standard InChI is InChI=1S/C22H24N2O3/c1-23(14-17-7-8-20-21(13-17)27-16-26-20)15-22(25)24-11-9-19(10-12-24)18-5-3-2-4-6-18/h2-9,13H,10-12,14-16H2,1H3/p+1. The van der Waals surface area contributed by atoms with E-state index in [4.69, 9.17) is 9.47 Å². The third kappa shape index (κ3) is 4.14. The zero-order valence-electron chi connectivity index (χ0n) is 15.6. The molecule has 0 spiro atoms. The van der Waals surface area contributed by atoms with E-state index in [1.807, 2.05) is 29.2 Å². The van der Waals surface area contributed by atoms with E-state index in [1.54, 1.807) is 0 Å². The minimum Gasteiger partial charge on any atom is -0.454 e. The van der Waals surface area contributed by atoms with Gasteiger partial charge in [-0.15, -0.1) is 0 Å². The summed E-state index contributed by atoms with van der Waals surface area (Å²) in [6.45, 7) is 3.04. The zero-order chi connectivity index (χ0) is 18.6. The van der Waals surface area contributed by atoms with Gasteiger partial charge in [0.05, 0.1) is 7.05 Å². The van der Waals surface area contributed by atoms with E-state index in [0.717, 1.165) is 41.5 Å². The summed E-state index contributed by atoms with van der Waals surface area (Å²) in [4.78, 5) is 15.8. The van der Waals surface area contributed by atoms with E-state index < -0.39 is 0 Å². The highest BCUT2D eigenvalue weighted by Crippen LogP contribution is 2.32. The number of fused-ring (bicyclic) bond motifs is 1. The summed E-state index contributed by atoms with van der Waals surface area (Å²) in [5.74, 6) is 1.79. The number of likely N-dealkylation sites (N-methyl/N-ethyl adjacent to an activating group) is 1. The minimum atomic E-state index is 0.205. The summed E-state index contributed by atoms with van der Waals surface area (Å²) in [5.41, 5.74) is 3.74. The van der Waals surface area contributed by atoms with Crippen molar-refractivity contribution in [2.75, 3.05) is 33.5 Å². The van der Waals surface area contributed by atoms with E-state index in [9.17, 15) is 4.79 Å². The lowest BCUT2D eigenvalue weighted by atomic mass is 9.99. The molecule has 1 unspecified atom stereocenters. The molecular formula is C22H25N2O3+. The molecule has 5 heteroatoms. The fourth-order valence-electron chi connectivity index (χ4n) is 3.64. The first-order valence-corrected chi connectivity index (χ1v) is 9.41. The molecule has 5 nitrogen and oxygen atoms in total. The second-order valence-corrected chi connectivity index (χ2v) is 7.18. The van der Waals surface area contributed by atoms with Crippen LogP contribution in [0.4, 0.5) is 0 Å². The van der Waals surface area contributed by atoms with Crippen molar-refractivity contribution in [1.29, 1.82) is 0 Å². The monoisotopic (exact) mass is 365 g/mol. The minimum absolute atomic E-state index is 0.205. The maximum Gasteiger partial charge on any atom is 0.278 e. The predicted octanol–water partition coefficient (Wildman–Crippen LogP) is 1.75. The number of quaternary nitrogens is 1. The Bertz CT molecular complexity index is 848. The molecule has 0 aliphatic carbocycles. The molecule has 2 aliphatic rings. The predicted molar refractivity (Wildman–Crippen MR) is 104 cm³/mol. The number of hydrogen-bond acceptors (Lipinski definition) is 3. The average molecular weight is 365 g/mol. The number of hydrogen-bond donors (Lipinski definition) is 1. The second-order valence-electron chi connectivity index (χ2n) is 7.18. The zero-order valence-corrected chi connectivity index (χ0v) is 15.6. The highest BCUT2D eigenvalue weighted by atomic mass is 16.7. The molecule has 0 radical (unpaired) electrons. The van der Waals surface area contributed by atoms with E-state index in [0.29, 0.717) is 13.1 Å². The molecule has 27 heavy (non-hydrogen) atoms. The van der Waals surface area contributed by atoms with Crippen LogP contribution in [0.1, 0.15) is 17.5 Å². The molecule has 0 bridgehead atoms. The molecule has 0 saturated carbocycles. The van der Waals surface area contributed by atoms with Gasteiger partial charge in [0, 0.05) is 18.7 Å². The molecule has 1 atom stereocenters. The largest absolute Gasteiger partial charge is 0.454 e. The van der Waals surface area contributed by atoms with Crippen LogP contribution in [0.2, 0.25) is 0 Å². The maximum absolute atomic E-state index is 12.7. The van der Waals surface area contributed by atoms with Crippen molar-refractivity contribution in [3.05, 3.63) is 65.7 Å². The SMILES string of the molecule is C[NH+](CC(=O)N1CC=C(c2ccccc2)CC1)Cc1ccc2c(c1)OCO2. The molecule has 1 N–H and O–H groups in total. The second kappa shape index (κ2) is 7.84. The number of carbonyl (C=O) groups is 1. The van der Waals surface area contributed by atoms with Gasteiger partial charge in [-0.2, -0.15) is 0 Å². The number of rotatable bonds is 5. The number of benzene rings is 2. The van der Waals surface area contributed by atoms with Gasteiger partial charge in [-0.1, -0.05) is 36.4 Å². The quantitative estimate of drug-likeness (QED) is 0.878. The van der Waals surface area contributed by atoms with Crippen LogP contribution in [-0.4, -0.2) is 44.3 Å². The number of ether oxygens (including phenoxy) is 2. The summed E-state index contributed by atoms with van der Waals surface area (Å²) in [6, 6.07) is 16.4. The summed E-state index contributed by atoms with van der Waals surface area (Å²) >= 11 is 0. The molecule has 2 heterocycles. The van der Waals surface area contributed by atoms with Gasteiger partial charge in [0.25, 0.3) is 5.91 Å². The van der Waals surface area contributed by atoms with Crippen molar-refractivity contribution in [3.63, 3.8) is 0 Å². The third-order valence-corrected chi connectivity index (χ3v) is 5.10. The van der Waals surface area contributed by atoms with Crippen LogP contribution in [0.25, 0.3) is 5.57 Å². The highest BCUT2D eigenvalue weighted by Gasteiger charge is 2.21. The van der Waals surface area contributed by atoms with Crippen LogP contribution in [0.3, 0.4) is 0 Å². The lowest BCUT2D eigenvalue weighted by Gasteiger charge is -2.27. The van der Waals surface area contributed by atoms with Gasteiger partial charge in [0.15, 0.2) is 18.0 Å². The smallest absolute Gasteiger partial charge is 0.278 e. The van der Waals surface area contributed by atoms with E-state index >= 15 is 0 Å². The summed E-state index contributed by atoms with van der Waals surface area (Å²) in [6.07, 6.45) is 3.10. The first-order valence-electron chi connectivity index (χ1n) is 9.41. The van der Waals surface area contributed by atoms with Gasteiger partial charge in [-0.05, 0) is 35.8 Å². The molecule has 140 valence electrons. The Kier molecular flexibility index (Phi) is 5.12. The Labute approximate surface area is 159 Å².